The first-order valence-electron chi connectivity index (χ1n) is 10.5. The highest BCUT2D eigenvalue weighted by Gasteiger charge is 2.32. The molecule has 1 amide bonds. The SMILES string of the molecule is CC1CN(c2cc(Oc3ccc(F)c(F)c3)ncn2)CCN1C(=O)C1CCCCC1. The Morgan fingerprint density at radius 1 is 1.07 bits per heavy atom. The monoisotopic (exact) mass is 416 g/mol. The number of benzene rings is 1. The summed E-state index contributed by atoms with van der Waals surface area (Å²) in [4.78, 5) is 25.4. The molecular formula is C22H26F2N4O2. The molecule has 2 fully saturated rings. The Morgan fingerprint density at radius 2 is 1.87 bits per heavy atom. The van der Waals surface area contributed by atoms with Gasteiger partial charge in [0.15, 0.2) is 11.6 Å². The molecule has 160 valence electrons. The highest BCUT2D eigenvalue weighted by molar-refractivity contribution is 5.79. The van der Waals surface area contributed by atoms with Crippen molar-refractivity contribution < 1.29 is 18.3 Å². The maximum absolute atomic E-state index is 13.4. The summed E-state index contributed by atoms with van der Waals surface area (Å²) >= 11 is 0. The van der Waals surface area contributed by atoms with Gasteiger partial charge in [0.1, 0.15) is 17.9 Å². The zero-order chi connectivity index (χ0) is 21.1. The van der Waals surface area contributed by atoms with Crippen LogP contribution in [0.3, 0.4) is 0 Å². The van der Waals surface area contributed by atoms with Crippen molar-refractivity contribution in [1.29, 1.82) is 0 Å². The zero-order valence-electron chi connectivity index (χ0n) is 17.1. The molecule has 4 rings (SSSR count). The van der Waals surface area contributed by atoms with Crippen LogP contribution in [0.25, 0.3) is 0 Å². The van der Waals surface area contributed by atoms with E-state index in [1.165, 1.54) is 18.8 Å². The topological polar surface area (TPSA) is 58.6 Å². The molecule has 1 aliphatic heterocycles. The first kappa shape index (κ1) is 20.5. The van der Waals surface area contributed by atoms with Crippen LogP contribution in [-0.2, 0) is 4.79 Å². The van der Waals surface area contributed by atoms with Crippen LogP contribution in [-0.4, -0.2) is 46.5 Å². The molecule has 1 aromatic carbocycles. The number of nitrogens with zero attached hydrogens (tertiary/aromatic N) is 4. The number of carbonyl (C=O) groups excluding carboxylic acids is 1. The fourth-order valence-corrected chi connectivity index (χ4v) is 4.30. The molecule has 1 aromatic heterocycles. The summed E-state index contributed by atoms with van der Waals surface area (Å²) in [5.74, 6) is -0.363. The highest BCUT2D eigenvalue weighted by atomic mass is 19.2. The lowest BCUT2D eigenvalue weighted by molar-refractivity contribution is -0.139. The number of halogens is 2. The van der Waals surface area contributed by atoms with Crippen LogP contribution in [0.4, 0.5) is 14.6 Å². The second-order valence-corrected chi connectivity index (χ2v) is 8.05. The summed E-state index contributed by atoms with van der Waals surface area (Å²) in [6.45, 7) is 4.05. The van der Waals surface area contributed by atoms with Gasteiger partial charge >= 0.3 is 0 Å². The van der Waals surface area contributed by atoms with E-state index in [2.05, 4.69) is 21.8 Å². The highest BCUT2D eigenvalue weighted by Crippen LogP contribution is 2.28. The summed E-state index contributed by atoms with van der Waals surface area (Å²) in [6.07, 6.45) is 6.91. The van der Waals surface area contributed by atoms with Crippen molar-refractivity contribution in [1.82, 2.24) is 14.9 Å². The Morgan fingerprint density at radius 3 is 2.60 bits per heavy atom. The molecule has 2 heterocycles. The molecule has 1 saturated carbocycles. The van der Waals surface area contributed by atoms with Gasteiger partial charge in [-0.15, -0.1) is 0 Å². The maximum atomic E-state index is 13.4. The summed E-state index contributed by atoms with van der Waals surface area (Å²) in [5.41, 5.74) is 0. The molecule has 0 radical (unpaired) electrons. The Kier molecular flexibility index (Phi) is 6.11. The van der Waals surface area contributed by atoms with Gasteiger partial charge in [0.2, 0.25) is 11.8 Å². The fraction of sp³-hybridized carbons (Fsp3) is 0.500. The van der Waals surface area contributed by atoms with Gasteiger partial charge in [0.25, 0.3) is 0 Å². The lowest BCUT2D eigenvalue weighted by Crippen LogP contribution is -2.55. The third-order valence-corrected chi connectivity index (χ3v) is 5.93. The quantitative estimate of drug-likeness (QED) is 0.749. The van der Waals surface area contributed by atoms with E-state index < -0.39 is 11.6 Å². The van der Waals surface area contributed by atoms with Gasteiger partial charge in [0.05, 0.1) is 0 Å². The summed E-state index contributed by atoms with van der Waals surface area (Å²) < 4.78 is 32.1. The largest absolute Gasteiger partial charge is 0.439 e. The summed E-state index contributed by atoms with van der Waals surface area (Å²) in [6, 6.07) is 5.09. The molecule has 2 aromatic rings. The fourth-order valence-electron chi connectivity index (χ4n) is 4.30. The normalized spacial score (nSPS) is 20.3. The molecule has 1 unspecified atom stereocenters. The lowest BCUT2D eigenvalue weighted by Gasteiger charge is -2.42. The number of carbonyl (C=O) groups is 1. The molecule has 0 spiro atoms. The van der Waals surface area contributed by atoms with E-state index >= 15 is 0 Å². The number of ether oxygens (including phenoxy) is 1. The van der Waals surface area contributed by atoms with E-state index in [1.54, 1.807) is 6.07 Å². The van der Waals surface area contributed by atoms with Crippen molar-refractivity contribution >= 4 is 11.7 Å². The van der Waals surface area contributed by atoms with Gasteiger partial charge in [0, 0.05) is 43.7 Å². The van der Waals surface area contributed by atoms with E-state index in [0.717, 1.165) is 37.8 Å². The van der Waals surface area contributed by atoms with E-state index in [0.29, 0.717) is 25.5 Å². The Hall–Kier alpha value is -2.77. The van der Waals surface area contributed by atoms with Crippen molar-refractivity contribution in [2.24, 2.45) is 5.92 Å². The van der Waals surface area contributed by atoms with E-state index in [9.17, 15) is 13.6 Å². The van der Waals surface area contributed by atoms with Crippen LogP contribution in [0.2, 0.25) is 0 Å². The number of rotatable bonds is 4. The van der Waals surface area contributed by atoms with Crippen LogP contribution in [0.1, 0.15) is 39.0 Å². The Balaban J connectivity index is 1.41. The number of amides is 1. The minimum atomic E-state index is -0.977. The zero-order valence-corrected chi connectivity index (χ0v) is 17.1. The van der Waals surface area contributed by atoms with Gasteiger partial charge < -0.3 is 14.5 Å². The first-order chi connectivity index (χ1) is 14.5. The van der Waals surface area contributed by atoms with Crippen LogP contribution >= 0.6 is 0 Å². The van der Waals surface area contributed by atoms with Crippen molar-refractivity contribution in [2.45, 2.75) is 45.1 Å². The number of hydrogen-bond acceptors (Lipinski definition) is 5. The minimum absolute atomic E-state index is 0.0821. The third kappa shape index (κ3) is 4.52. The minimum Gasteiger partial charge on any atom is -0.439 e. The molecule has 0 N–H and O–H groups in total. The van der Waals surface area contributed by atoms with Gasteiger partial charge in [-0.3, -0.25) is 4.79 Å². The van der Waals surface area contributed by atoms with Crippen molar-refractivity contribution in [3.63, 3.8) is 0 Å². The third-order valence-electron chi connectivity index (χ3n) is 5.93. The molecule has 2 aliphatic rings. The molecular weight excluding hydrogens is 390 g/mol. The maximum Gasteiger partial charge on any atom is 0.226 e. The van der Waals surface area contributed by atoms with Crippen LogP contribution in [0.5, 0.6) is 11.6 Å². The molecule has 1 atom stereocenters. The molecule has 6 nitrogen and oxygen atoms in total. The standard InChI is InChI=1S/C22H26F2N4O2/c1-15-13-27(9-10-28(15)22(29)16-5-3-2-4-6-16)20-12-21(26-14-25-20)30-17-7-8-18(23)19(24)11-17/h7-8,11-12,14-16H,2-6,9-10,13H2,1H3. The second-order valence-electron chi connectivity index (χ2n) is 8.05. The number of piperazine rings is 1. The van der Waals surface area contributed by atoms with Crippen LogP contribution < -0.4 is 9.64 Å². The van der Waals surface area contributed by atoms with E-state index in [-0.39, 0.29) is 29.5 Å². The smallest absolute Gasteiger partial charge is 0.226 e. The van der Waals surface area contributed by atoms with Gasteiger partial charge in [-0.25, -0.2) is 18.7 Å². The molecule has 1 aliphatic carbocycles. The number of aromatic nitrogens is 2. The molecule has 1 saturated heterocycles. The molecule has 0 bridgehead atoms. The Bertz CT molecular complexity index is 904. The average Bonchev–Trinajstić information content (AvgIpc) is 2.76. The first-order valence-corrected chi connectivity index (χ1v) is 10.5. The Labute approximate surface area is 174 Å². The van der Waals surface area contributed by atoms with Gasteiger partial charge in [-0.1, -0.05) is 19.3 Å². The van der Waals surface area contributed by atoms with Gasteiger partial charge in [-0.05, 0) is 31.9 Å². The van der Waals surface area contributed by atoms with Gasteiger partial charge in [-0.2, -0.15) is 0 Å². The number of anilines is 1. The van der Waals surface area contributed by atoms with Crippen molar-refractivity contribution in [2.75, 3.05) is 24.5 Å². The predicted molar refractivity (Wildman–Crippen MR) is 108 cm³/mol. The number of hydrogen-bond donors (Lipinski definition) is 0. The van der Waals surface area contributed by atoms with E-state index in [4.69, 9.17) is 4.74 Å². The predicted octanol–water partition coefficient (Wildman–Crippen LogP) is 4.16. The second kappa shape index (κ2) is 8.93. The molecule has 8 heteroatoms. The average molecular weight is 416 g/mol. The lowest BCUT2D eigenvalue weighted by atomic mass is 9.88. The van der Waals surface area contributed by atoms with Crippen LogP contribution in [0, 0.1) is 17.6 Å². The summed E-state index contributed by atoms with van der Waals surface area (Å²) in [5, 5.41) is 0. The summed E-state index contributed by atoms with van der Waals surface area (Å²) in [7, 11) is 0. The van der Waals surface area contributed by atoms with Crippen LogP contribution in [0.15, 0.2) is 30.6 Å². The van der Waals surface area contributed by atoms with Crippen molar-refractivity contribution in [3.05, 3.63) is 42.2 Å². The van der Waals surface area contributed by atoms with E-state index in [1.807, 2.05) is 4.90 Å². The van der Waals surface area contributed by atoms with Crippen molar-refractivity contribution in [3.8, 4) is 11.6 Å². The molecule has 30 heavy (non-hydrogen) atoms.